The average molecular weight is 584 g/mol. The molecule has 0 saturated heterocycles. The second-order valence-electron chi connectivity index (χ2n) is 10.3. The van der Waals surface area contributed by atoms with Crippen LogP contribution in [0.4, 0.5) is 5.69 Å². The van der Waals surface area contributed by atoms with Crippen molar-refractivity contribution in [3.8, 4) is 0 Å². The van der Waals surface area contributed by atoms with E-state index in [0.717, 1.165) is 15.4 Å². The lowest BCUT2D eigenvalue weighted by atomic mass is 10.1. The Hall–Kier alpha value is -3.36. The van der Waals surface area contributed by atoms with Crippen LogP contribution in [-0.2, 0) is 26.2 Å². The molecule has 3 rings (SSSR count). The van der Waals surface area contributed by atoms with Crippen LogP contribution in [0, 0.1) is 19.8 Å². The number of aryl methyl sites for hydroxylation is 2. The van der Waals surface area contributed by atoms with Crippen molar-refractivity contribution in [2.75, 3.05) is 17.4 Å². The molecule has 214 valence electrons. The Morgan fingerprint density at radius 3 is 2.17 bits per heavy atom. The largest absolute Gasteiger partial charge is 0.354 e. The summed E-state index contributed by atoms with van der Waals surface area (Å²) in [5, 5.41) is 3.38. The molecule has 7 nitrogen and oxygen atoms in total. The highest BCUT2D eigenvalue weighted by atomic mass is 35.5. The second-order valence-corrected chi connectivity index (χ2v) is 12.5. The SMILES string of the molecule is CC[C@@H](C(=O)NCC(C)C)N(Cc1ccccc1Cl)C(=O)CN(c1ccc(C)c(C)c1)S(=O)(=O)c1ccccc1. The molecule has 0 aliphatic rings. The first-order valence-corrected chi connectivity index (χ1v) is 15.2. The Morgan fingerprint density at radius 1 is 0.925 bits per heavy atom. The van der Waals surface area contributed by atoms with Crippen molar-refractivity contribution in [1.29, 1.82) is 0 Å². The van der Waals surface area contributed by atoms with Crippen LogP contribution in [0.25, 0.3) is 0 Å². The number of halogens is 1. The summed E-state index contributed by atoms with van der Waals surface area (Å²) in [5.41, 5.74) is 2.93. The lowest BCUT2D eigenvalue weighted by Gasteiger charge is -2.33. The summed E-state index contributed by atoms with van der Waals surface area (Å²) in [4.78, 5) is 28.9. The Kier molecular flexibility index (Phi) is 10.8. The van der Waals surface area contributed by atoms with E-state index in [1.54, 1.807) is 48.5 Å². The second kappa shape index (κ2) is 13.8. The van der Waals surface area contributed by atoms with Gasteiger partial charge in [0, 0.05) is 18.1 Å². The minimum Gasteiger partial charge on any atom is -0.354 e. The number of carbonyl (C=O) groups is 2. The van der Waals surface area contributed by atoms with Crippen molar-refractivity contribution in [3.63, 3.8) is 0 Å². The first-order chi connectivity index (χ1) is 18.9. The van der Waals surface area contributed by atoms with E-state index >= 15 is 0 Å². The van der Waals surface area contributed by atoms with Crippen molar-refractivity contribution in [1.82, 2.24) is 10.2 Å². The number of nitrogens with zero attached hydrogens (tertiary/aromatic N) is 2. The summed E-state index contributed by atoms with van der Waals surface area (Å²) >= 11 is 6.44. The molecular formula is C31H38ClN3O4S. The fraction of sp³-hybridized carbons (Fsp3) is 0.355. The number of amides is 2. The molecule has 0 aliphatic heterocycles. The van der Waals surface area contributed by atoms with Gasteiger partial charge >= 0.3 is 0 Å². The summed E-state index contributed by atoms with van der Waals surface area (Å²) in [6.45, 7) is 9.66. The van der Waals surface area contributed by atoms with Gasteiger partial charge in [-0.05, 0) is 73.2 Å². The molecule has 3 aromatic rings. The van der Waals surface area contributed by atoms with Crippen LogP contribution in [0.15, 0.2) is 77.7 Å². The number of hydrogen-bond donors (Lipinski definition) is 1. The van der Waals surface area contributed by atoms with Crippen LogP contribution in [0.1, 0.15) is 43.9 Å². The summed E-state index contributed by atoms with van der Waals surface area (Å²) in [6, 6.07) is 19.6. The predicted octanol–water partition coefficient (Wildman–Crippen LogP) is 5.73. The number of rotatable bonds is 12. The zero-order valence-corrected chi connectivity index (χ0v) is 25.3. The topological polar surface area (TPSA) is 86.8 Å². The monoisotopic (exact) mass is 583 g/mol. The van der Waals surface area contributed by atoms with Gasteiger partial charge in [-0.3, -0.25) is 13.9 Å². The molecule has 1 N–H and O–H groups in total. The molecule has 2 amide bonds. The summed E-state index contributed by atoms with van der Waals surface area (Å²) in [6.07, 6.45) is 0.342. The number of sulfonamides is 1. The maximum absolute atomic E-state index is 14.1. The smallest absolute Gasteiger partial charge is 0.264 e. The molecule has 40 heavy (non-hydrogen) atoms. The van der Waals surface area contributed by atoms with Gasteiger partial charge in [-0.25, -0.2) is 8.42 Å². The van der Waals surface area contributed by atoms with E-state index in [2.05, 4.69) is 5.32 Å². The average Bonchev–Trinajstić information content (AvgIpc) is 2.93. The van der Waals surface area contributed by atoms with Crippen molar-refractivity contribution in [2.24, 2.45) is 5.92 Å². The minimum absolute atomic E-state index is 0.0538. The molecule has 0 aromatic heterocycles. The molecule has 0 radical (unpaired) electrons. The molecule has 0 fully saturated rings. The highest BCUT2D eigenvalue weighted by molar-refractivity contribution is 7.92. The molecule has 9 heteroatoms. The summed E-state index contributed by atoms with van der Waals surface area (Å²) in [7, 11) is -4.11. The van der Waals surface area contributed by atoms with Gasteiger partial charge in [0.05, 0.1) is 10.6 Å². The van der Waals surface area contributed by atoms with Crippen molar-refractivity contribution >= 4 is 39.1 Å². The first-order valence-electron chi connectivity index (χ1n) is 13.4. The number of nitrogens with one attached hydrogen (secondary N) is 1. The summed E-state index contributed by atoms with van der Waals surface area (Å²) in [5.74, 6) is -0.574. The van der Waals surface area contributed by atoms with Crippen molar-refractivity contribution in [2.45, 2.75) is 58.5 Å². The minimum atomic E-state index is -4.11. The molecule has 1 atom stereocenters. The van der Waals surface area contributed by atoms with Gasteiger partial charge in [0.2, 0.25) is 11.8 Å². The van der Waals surface area contributed by atoms with Crippen molar-refractivity contribution < 1.29 is 18.0 Å². The van der Waals surface area contributed by atoms with E-state index in [4.69, 9.17) is 11.6 Å². The number of anilines is 1. The number of carbonyl (C=O) groups excluding carboxylic acids is 2. The van der Waals surface area contributed by atoms with Crippen molar-refractivity contribution in [3.05, 3.63) is 94.5 Å². The maximum Gasteiger partial charge on any atom is 0.264 e. The van der Waals surface area contributed by atoms with Gasteiger partial charge in [0.1, 0.15) is 12.6 Å². The van der Waals surface area contributed by atoms with Gasteiger partial charge in [-0.1, -0.05) is 74.8 Å². The van der Waals surface area contributed by atoms with Gasteiger partial charge < -0.3 is 10.2 Å². The van der Waals surface area contributed by atoms with E-state index in [9.17, 15) is 18.0 Å². The molecule has 3 aromatic carbocycles. The Labute approximate surface area is 243 Å². The van der Waals surface area contributed by atoms with Crippen LogP contribution in [0.5, 0.6) is 0 Å². The van der Waals surface area contributed by atoms with Gasteiger partial charge in [-0.2, -0.15) is 0 Å². The molecule has 0 aliphatic carbocycles. The van der Waals surface area contributed by atoms with E-state index in [1.807, 2.05) is 46.8 Å². The van der Waals surface area contributed by atoms with Crippen LogP contribution in [0.2, 0.25) is 5.02 Å². The van der Waals surface area contributed by atoms with E-state index in [0.29, 0.717) is 29.2 Å². The van der Waals surface area contributed by atoms with Crippen LogP contribution in [0.3, 0.4) is 0 Å². The third-order valence-electron chi connectivity index (χ3n) is 6.76. The van der Waals surface area contributed by atoms with E-state index in [1.165, 1.54) is 17.0 Å². The zero-order valence-electron chi connectivity index (χ0n) is 23.7. The third kappa shape index (κ3) is 7.64. The fourth-order valence-corrected chi connectivity index (χ4v) is 5.90. The number of hydrogen-bond acceptors (Lipinski definition) is 4. The van der Waals surface area contributed by atoms with Gasteiger partial charge in [-0.15, -0.1) is 0 Å². The Morgan fingerprint density at radius 2 is 1.57 bits per heavy atom. The third-order valence-corrected chi connectivity index (χ3v) is 8.91. The predicted molar refractivity (Wildman–Crippen MR) is 161 cm³/mol. The normalized spacial score (nSPS) is 12.2. The highest BCUT2D eigenvalue weighted by Gasteiger charge is 2.34. The molecule has 0 saturated carbocycles. The zero-order chi connectivity index (χ0) is 29.4. The Bertz CT molecular complexity index is 1430. The van der Waals surface area contributed by atoms with E-state index < -0.39 is 28.5 Å². The number of benzene rings is 3. The van der Waals surface area contributed by atoms with Crippen LogP contribution < -0.4 is 9.62 Å². The lowest BCUT2D eigenvalue weighted by Crippen LogP contribution is -2.52. The van der Waals surface area contributed by atoms with Crippen LogP contribution in [-0.4, -0.2) is 44.3 Å². The quantitative estimate of drug-likeness (QED) is 0.295. The Balaban J connectivity index is 2.07. The molecule has 0 heterocycles. The fourth-order valence-electron chi connectivity index (χ4n) is 4.28. The van der Waals surface area contributed by atoms with Gasteiger partial charge in [0.25, 0.3) is 10.0 Å². The maximum atomic E-state index is 14.1. The first kappa shape index (κ1) is 31.2. The highest BCUT2D eigenvalue weighted by Crippen LogP contribution is 2.27. The summed E-state index contributed by atoms with van der Waals surface area (Å²) < 4.78 is 28.9. The molecule has 0 spiro atoms. The van der Waals surface area contributed by atoms with Gasteiger partial charge in [0.15, 0.2) is 0 Å². The van der Waals surface area contributed by atoms with Crippen LogP contribution >= 0.6 is 11.6 Å². The van der Waals surface area contributed by atoms with E-state index in [-0.39, 0.29) is 23.3 Å². The molecule has 0 bridgehead atoms. The standard InChI is InChI=1S/C31H38ClN3O4S/c1-6-29(31(37)33-19-22(2)3)34(20-25-12-10-11-15-28(25)32)30(36)21-35(26-17-16-23(4)24(5)18-26)40(38,39)27-13-8-7-9-14-27/h7-18,22,29H,6,19-21H2,1-5H3,(H,33,37)/t29-/m0/s1. The lowest BCUT2D eigenvalue weighted by molar-refractivity contribution is -0.140. The molecular weight excluding hydrogens is 546 g/mol. The molecule has 0 unspecified atom stereocenters.